The minimum absolute atomic E-state index is 0.256. The Morgan fingerprint density at radius 3 is 2.57 bits per heavy atom. The van der Waals surface area contributed by atoms with Gasteiger partial charge >= 0.3 is 0 Å². The van der Waals surface area contributed by atoms with Crippen LogP contribution in [0.1, 0.15) is 43.0 Å². The van der Waals surface area contributed by atoms with Gasteiger partial charge in [-0.1, -0.05) is 12.1 Å². The smallest absolute Gasteiger partial charge is 0.254 e. The molecular formula is C16H20N4O3. The molecule has 0 heterocycles. The van der Waals surface area contributed by atoms with Crippen molar-refractivity contribution < 1.29 is 14.4 Å². The van der Waals surface area contributed by atoms with Crippen LogP contribution in [0.15, 0.2) is 24.3 Å². The van der Waals surface area contributed by atoms with Crippen molar-refractivity contribution in [2.75, 3.05) is 5.32 Å². The van der Waals surface area contributed by atoms with Gasteiger partial charge in [-0.15, -0.1) is 0 Å². The predicted molar refractivity (Wildman–Crippen MR) is 85.3 cm³/mol. The molecule has 1 atom stereocenters. The molecule has 23 heavy (non-hydrogen) atoms. The normalized spacial score (nSPS) is 11.1. The van der Waals surface area contributed by atoms with Crippen LogP contribution in [0, 0.1) is 11.3 Å². The lowest BCUT2D eigenvalue weighted by Crippen LogP contribution is -2.44. The summed E-state index contributed by atoms with van der Waals surface area (Å²) in [6.45, 7) is 1.34. The number of nitrogens with zero attached hydrogens (tertiary/aromatic N) is 1. The molecule has 0 aromatic heterocycles. The summed E-state index contributed by atoms with van der Waals surface area (Å²) in [7, 11) is 0. The average molecular weight is 316 g/mol. The quantitative estimate of drug-likeness (QED) is 0.625. The second-order valence-electron chi connectivity index (χ2n) is 5.06. The third-order valence-electron chi connectivity index (χ3n) is 3.16. The zero-order valence-corrected chi connectivity index (χ0v) is 13.0. The minimum atomic E-state index is -0.813. The van der Waals surface area contributed by atoms with E-state index in [4.69, 9.17) is 11.0 Å². The van der Waals surface area contributed by atoms with Crippen LogP contribution >= 0.6 is 0 Å². The number of hydrogen-bond acceptors (Lipinski definition) is 4. The lowest BCUT2D eigenvalue weighted by molar-refractivity contribution is -0.120. The number of hydrogen-bond donors (Lipinski definition) is 3. The maximum Gasteiger partial charge on any atom is 0.254 e. The van der Waals surface area contributed by atoms with Crippen molar-refractivity contribution in [3.05, 3.63) is 29.8 Å². The highest BCUT2D eigenvalue weighted by atomic mass is 16.2. The molecule has 0 unspecified atom stereocenters. The molecular weight excluding hydrogens is 296 g/mol. The van der Waals surface area contributed by atoms with Crippen molar-refractivity contribution in [3.8, 4) is 6.07 Å². The highest BCUT2D eigenvalue weighted by Crippen LogP contribution is 2.15. The minimum Gasteiger partial charge on any atom is -0.368 e. The Bertz CT molecular complexity index is 622. The number of benzene rings is 1. The monoisotopic (exact) mass is 316 g/mol. The molecule has 3 amide bonds. The number of rotatable bonds is 8. The first kappa shape index (κ1) is 18.2. The van der Waals surface area contributed by atoms with E-state index in [0.717, 1.165) is 0 Å². The van der Waals surface area contributed by atoms with Crippen LogP contribution in [0.5, 0.6) is 0 Å². The molecule has 0 fully saturated rings. The number of para-hydroxylation sites is 1. The lowest BCUT2D eigenvalue weighted by Gasteiger charge is -2.16. The fourth-order valence-electron chi connectivity index (χ4n) is 2.05. The molecule has 1 rings (SSSR count). The van der Waals surface area contributed by atoms with E-state index < -0.39 is 17.9 Å². The van der Waals surface area contributed by atoms with Crippen molar-refractivity contribution in [3.63, 3.8) is 0 Å². The number of carbonyl (C=O) groups excluding carboxylic acids is 3. The predicted octanol–water partition coefficient (Wildman–Crippen LogP) is 1.31. The molecule has 4 N–H and O–H groups in total. The summed E-state index contributed by atoms with van der Waals surface area (Å²) in [5.74, 6) is -1.42. The van der Waals surface area contributed by atoms with Gasteiger partial charge in [0.05, 0.1) is 17.3 Å². The Kier molecular flexibility index (Phi) is 7.27. The summed E-state index contributed by atoms with van der Waals surface area (Å²) in [6, 6.07) is 7.70. The SMILES string of the molecule is CC(=O)Nc1ccccc1C(=O)N[C@H](CCCCC#N)C(N)=O. The van der Waals surface area contributed by atoms with E-state index in [-0.39, 0.29) is 11.5 Å². The van der Waals surface area contributed by atoms with Crippen LogP contribution in [0.4, 0.5) is 5.69 Å². The van der Waals surface area contributed by atoms with Crippen LogP contribution in [0.2, 0.25) is 0 Å². The molecule has 0 aliphatic heterocycles. The van der Waals surface area contributed by atoms with Crippen LogP contribution in [-0.2, 0) is 9.59 Å². The van der Waals surface area contributed by atoms with Crippen molar-refractivity contribution in [2.45, 2.75) is 38.6 Å². The van der Waals surface area contributed by atoms with Crippen LogP contribution in [0.25, 0.3) is 0 Å². The Morgan fingerprint density at radius 2 is 1.96 bits per heavy atom. The number of amides is 3. The molecule has 0 aliphatic rings. The Balaban J connectivity index is 2.77. The summed E-state index contributed by atoms with van der Waals surface area (Å²) in [5.41, 5.74) is 5.93. The zero-order valence-electron chi connectivity index (χ0n) is 13.0. The summed E-state index contributed by atoms with van der Waals surface area (Å²) in [5, 5.41) is 13.6. The van der Waals surface area contributed by atoms with Crippen molar-refractivity contribution >= 4 is 23.4 Å². The fraction of sp³-hybridized carbons (Fsp3) is 0.375. The number of unbranched alkanes of at least 4 members (excludes halogenated alkanes) is 2. The van der Waals surface area contributed by atoms with E-state index in [1.165, 1.54) is 6.92 Å². The molecule has 122 valence electrons. The topological polar surface area (TPSA) is 125 Å². The summed E-state index contributed by atoms with van der Waals surface area (Å²) >= 11 is 0. The third kappa shape index (κ3) is 6.18. The summed E-state index contributed by atoms with van der Waals surface area (Å²) in [6.07, 6.45) is 2.00. The standard InChI is InChI=1S/C16H20N4O3/c1-11(21)19-13-8-5-4-7-12(13)16(23)20-14(15(18)22)9-3-2-6-10-17/h4-5,7-8,14H,2-3,6,9H2,1H3,(H2,18,22)(H,19,21)(H,20,23)/t14-/m1/s1. The number of nitrogens with one attached hydrogen (secondary N) is 2. The maximum atomic E-state index is 12.3. The maximum absolute atomic E-state index is 12.3. The first-order valence-electron chi connectivity index (χ1n) is 7.29. The van der Waals surface area contributed by atoms with Gasteiger partial charge in [0.1, 0.15) is 6.04 Å². The second-order valence-corrected chi connectivity index (χ2v) is 5.06. The van der Waals surface area contributed by atoms with E-state index >= 15 is 0 Å². The van der Waals surface area contributed by atoms with Gasteiger partial charge < -0.3 is 16.4 Å². The Morgan fingerprint density at radius 1 is 1.26 bits per heavy atom. The van der Waals surface area contributed by atoms with Gasteiger partial charge in [-0.25, -0.2) is 0 Å². The third-order valence-corrected chi connectivity index (χ3v) is 3.16. The largest absolute Gasteiger partial charge is 0.368 e. The number of nitrogens with two attached hydrogens (primary N) is 1. The van der Waals surface area contributed by atoms with Gasteiger partial charge in [0.15, 0.2) is 0 Å². The molecule has 0 bridgehead atoms. The summed E-state index contributed by atoms with van der Waals surface area (Å²) < 4.78 is 0. The molecule has 0 saturated carbocycles. The highest BCUT2D eigenvalue weighted by Gasteiger charge is 2.20. The van der Waals surface area contributed by atoms with Gasteiger partial charge in [0.2, 0.25) is 11.8 Å². The Hall–Kier alpha value is -2.88. The molecule has 0 aliphatic carbocycles. The van der Waals surface area contributed by atoms with Crippen LogP contribution < -0.4 is 16.4 Å². The number of carbonyl (C=O) groups is 3. The van der Waals surface area contributed by atoms with Crippen molar-refractivity contribution in [1.82, 2.24) is 5.32 Å². The van der Waals surface area contributed by atoms with E-state index in [1.54, 1.807) is 24.3 Å². The first-order chi connectivity index (χ1) is 11.0. The molecule has 7 nitrogen and oxygen atoms in total. The number of primary amides is 1. The van der Waals surface area contributed by atoms with Gasteiger partial charge in [-0.05, 0) is 31.4 Å². The van der Waals surface area contributed by atoms with Crippen LogP contribution in [0.3, 0.4) is 0 Å². The van der Waals surface area contributed by atoms with Gasteiger partial charge in [-0.2, -0.15) is 5.26 Å². The molecule has 7 heteroatoms. The fourth-order valence-corrected chi connectivity index (χ4v) is 2.05. The van der Waals surface area contributed by atoms with Crippen molar-refractivity contribution in [1.29, 1.82) is 5.26 Å². The first-order valence-corrected chi connectivity index (χ1v) is 7.29. The van der Waals surface area contributed by atoms with E-state index in [0.29, 0.717) is 31.4 Å². The van der Waals surface area contributed by atoms with Gasteiger partial charge in [0, 0.05) is 13.3 Å². The summed E-state index contributed by atoms with van der Waals surface area (Å²) in [4.78, 5) is 35.0. The highest BCUT2D eigenvalue weighted by molar-refractivity contribution is 6.04. The van der Waals surface area contributed by atoms with Crippen LogP contribution in [-0.4, -0.2) is 23.8 Å². The number of anilines is 1. The molecule has 1 aromatic rings. The molecule has 1 aromatic carbocycles. The van der Waals surface area contributed by atoms with Gasteiger partial charge in [0.25, 0.3) is 5.91 Å². The Labute approximate surface area is 134 Å². The zero-order chi connectivity index (χ0) is 17.2. The van der Waals surface area contributed by atoms with E-state index in [9.17, 15) is 14.4 Å². The molecule has 0 saturated heterocycles. The average Bonchev–Trinajstić information content (AvgIpc) is 2.49. The van der Waals surface area contributed by atoms with E-state index in [2.05, 4.69) is 10.6 Å². The number of nitriles is 1. The second kappa shape index (κ2) is 9.20. The molecule has 0 radical (unpaired) electrons. The molecule has 0 spiro atoms. The van der Waals surface area contributed by atoms with E-state index in [1.807, 2.05) is 6.07 Å². The van der Waals surface area contributed by atoms with Gasteiger partial charge in [-0.3, -0.25) is 14.4 Å². The van der Waals surface area contributed by atoms with Crippen molar-refractivity contribution in [2.24, 2.45) is 5.73 Å². The lowest BCUT2D eigenvalue weighted by atomic mass is 10.1.